The fourth-order valence-corrected chi connectivity index (χ4v) is 1.83. The number of rotatable bonds is 2. The fraction of sp³-hybridized carbons (Fsp3) is 0.455. The van der Waals surface area contributed by atoms with Gasteiger partial charge in [0.15, 0.2) is 11.5 Å². The van der Waals surface area contributed by atoms with Gasteiger partial charge >= 0.3 is 0 Å². The van der Waals surface area contributed by atoms with Crippen LogP contribution in [0.5, 0.6) is 17.2 Å². The molecule has 0 aromatic heterocycles. The molecular formula is C11H15NO3. The van der Waals surface area contributed by atoms with E-state index < -0.39 is 0 Å². The van der Waals surface area contributed by atoms with Gasteiger partial charge in [0.1, 0.15) is 5.75 Å². The van der Waals surface area contributed by atoms with Gasteiger partial charge in [-0.2, -0.15) is 0 Å². The smallest absolute Gasteiger partial charge is 0.169 e. The highest BCUT2D eigenvalue weighted by molar-refractivity contribution is 5.56. The van der Waals surface area contributed by atoms with Crippen molar-refractivity contribution in [3.63, 3.8) is 0 Å². The summed E-state index contributed by atoms with van der Waals surface area (Å²) in [6.45, 7) is 0.623. The minimum Gasteiger partial charge on any atom is -0.496 e. The predicted octanol–water partition coefficient (Wildman–Crippen LogP) is 1.49. The summed E-state index contributed by atoms with van der Waals surface area (Å²) >= 11 is 0. The zero-order chi connectivity index (χ0) is 10.8. The molecule has 0 saturated heterocycles. The third-order valence-electron chi connectivity index (χ3n) is 2.61. The first-order valence-corrected chi connectivity index (χ1v) is 4.91. The van der Waals surface area contributed by atoms with Gasteiger partial charge in [-0.3, -0.25) is 0 Å². The van der Waals surface area contributed by atoms with Crippen LogP contribution in [0, 0.1) is 0 Å². The van der Waals surface area contributed by atoms with Crippen LogP contribution >= 0.6 is 0 Å². The van der Waals surface area contributed by atoms with Gasteiger partial charge in [0.05, 0.1) is 26.4 Å². The standard InChI is InChI=1S/C11H15NO3/c1-13-8-3-4-9(14-2)11-10(8)7(12)5-6-15-11/h3-4,7H,5-6,12H2,1-2H3/t7-/m0/s1. The molecule has 0 aliphatic carbocycles. The van der Waals surface area contributed by atoms with Crippen LogP contribution in [0.3, 0.4) is 0 Å². The van der Waals surface area contributed by atoms with Gasteiger partial charge in [0.2, 0.25) is 0 Å². The van der Waals surface area contributed by atoms with E-state index in [1.54, 1.807) is 14.2 Å². The first-order chi connectivity index (χ1) is 7.27. The number of fused-ring (bicyclic) bond motifs is 1. The minimum atomic E-state index is -0.0428. The van der Waals surface area contributed by atoms with Crippen molar-refractivity contribution in [2.24, 2.45) is 5.73 Å². The average Bonchev–Trinajstić information content (AvgIpc) is 2.28. The lowest BCUT2D eigenvalue weighted by Gasteiger charge is -2.26. The second kappa shape index (κ2) is 3.98. The molecule has 1 atom stereocenters. The lowest BCUT2D eigenvalue weighted by Crippen LogP contribution is -2.21. The highest BCUT2D eigenvalue weighted by Gasteiger charge is 2.25. The zero-order valence-corrected chi connectivity index (χ0v) is 8.95. The van der Waals surface area contributed by atoms with Gasteiger partial charge < -0.3 is 19.9 Å². The predicted molar refractivity (Wildman–Crippen MR) is 56.6 cm³/mol. The van der Waals surface area contributed by atoms with Gasteiger partial charge in [-0.1, -0.05) is 0 Å². The molecule has 4 nitrogen and oxygen atoms in total. The van der Waals surface area contributed by atoms with E-state index in [1.165, 1.54) is 0 Å². The summed E-state index contributed by atoms with van der Waals surface area (Å²) in [7, 11) is 3.25. The lowest BCUT2D eigenvalue weighted by atomic mass is 10.00. The maximum atomic E-state index is 6.03. The lowest BCUT2D eigenvalue weighted by molar-refractivity contribution is 0.247. The number of methoxy groups -OCH3 is 2. The van der Waals surface area contributed by atoms with Crippen molar-refractivity contribution in [3.05, 3.63) is 17.7 Å². The van der Waals surface area contributed by atoms with E-state index in [0.717, 1.165) is 23.5 Å². The molecule has 15 heavy (non-hydrogen) atoms. The Balaban J connectivity index is 2.56. The number of hydrogen-bond acceptors (Lipinski definition) is 4. The summed E-state index contributed by atoms with van der Waals surface area (Å²) in [4.78, 5) is 0. The Hall–Kier alpha value is -1.42. The molecule has 0 fully saturated rings. The van der Waals surface area contributed by atoms with E-state index >= 15 is 0 Å². The van der Waals surface area contributed by atoms with Crippen LogP contribution in [0.4, 0.5) is 0 Å². The van der Waals surface area contributed by atoms with Gasteiger partial charge in [-0.15, -0.1) is 0 Å². The summed E-state index contributed by atoms with van der Waals surface area (Å²) in [6.07, 6.45) is 0.802. The average molecular weight is 209 g/mol. The second-order valence-electron chi connectivity index (χ2n) is 3.46. The highest BCUT2D eigenvalue weighted by Crippen LogP contribution is 2.43. The van der Waals surface area contributed by atoms with Crippen molar-refractivity contribution < 1.29 is 14.2 Å². The zero-order valence-electron chi connectivity index (χ0n) is 8.95. The summed E-state index contributed by atoms with van der Waals surface area (Å²) in [5.74, 6) is 2.19. The largest absolute Gasteiger partial charge is 0.496 e. The van der Waals surface area contributed by atoms with Crippen LogP contribution in [0.1, 0.15) is 18.0 Å². The first-order valence-electron chi connectivity index (χ1n) is 4.91. The van der Waals surface area contributed by atoms with Crippen molar-refractivity contribution in [1.29, 1.82) is 0 Å². The summed E-state index contributed by atoms with van der Waals surface area (Å²) in [5.41, 5.74) is 6.94. The van der Waals surface area contributed by atoms with E-state index in [9.17, 15) is 0 Å². The van der Waals surface area contributed by atoms with Crippen LogP contribution < -0.4 is 19.9 Å². The molecule has 0 saturated carbocycles. The molecule has 2 rings (SSSR count). The maximum Gasteiger partial charge on any atom is 0.169 e. The topological polar surface area (TPSA) is 53.7 Å². The van der Waals surface area contributed by atoms with Crippen molar-refractivity contribution in [3.8, 4) is 17.2 Å². The highest BCUT2D eigenvalue weighted by atomic mass is 16.5. The molecule has 1 aromatic carbocycles. The fourth-order valence-electron chi connectivity index (χ4n) is 1.83. The van der Waals surface area contributed by atoms with Crippen molar-refractivity contribution in [1.82, 2.24) is 0 Å². The van der Waals surface area contributed by atoms with Crippen LogP contribution in [0.2, 0.25) is 0 Å². The van der Waals surface area contributed by atoms with Gasteiger partial charge in [-0.25, -0.2) is 0 Å². The summed E-state index contributed by atoms with van der Waals surface area (Å²) in [6, 6.07) is 3.64. The SMILES string of the molecule is COc1ccc(OC)c2c1OCC[C@@H]2N. The molecule has 1 heterocycles. The number of benzene rings is 1. The Kier molecular flexibility index (Phi) is 2.68. The van der Waals surface area contributed by atoms with Crippen LogP contribution in [0.25, 0.3) is 0 Å². The van der Waals surface area contributed by atoms with E-state index in [1.807, 2.05) is 12.1 Å². The Bertz CT molecular complexity index is 365. The van der Waals surface area contributed by atoms with Gasteiger partial charge in [0, 0.05) is 12.5 Å². The van der Waals surface area contributed by atoms with Gasteiger partial charge in [0.25, 0.3) is 0 Å². The van der Waals surface area contributed by atoms with E-state index in [4.69, 9.17) is 19.9 Å². The molecule has 0 unspecified atom stereocenters. The monoisotopic (exact) mass is 209 g/mol. The Morgan fingerprint density at radius 2 is 1.93 bits per heavy atom. The van der Waals surface area contributed by atoms with E-state index in [2.05, 4.69) is 0 Å². The van der Waals surface area contributed by atoms with Crippen LogP contribution in [-0.4, -0.2) is 20.8 Å². The van der Waals surface area contributed by atoms with E-state index in [-0.39, 0.29) is 6.04 Å². The molecular weight excluding hydrogens is 194 g/mol. The molecule has 82 valence electrons. The number of ether oxygens (including phenoxy) is 3. The number of nitrogens with two attached hydrogens (primary N) is 1. The van der Waals surface area contributed by atoms with Crippen molar-refractivity contribution in [2.75, 3.05) is 20.8 Å². The number of hydrogen-bond donors (Lipinski definition) is 1. The normalized spacial score (nSPS) is 19.0. The van der Waals surface area contributed by atoms with E-state index in [0.29, 0.717) is 12.4 Å². The Morgan fingerprint density at radius 1 is 1.27 bits per heavy atom. The summed E-state index contributed by atoms with van der Waals surface area (Å²) in [5, 5.41) is 0. The molecule has 4 heteroatoms. The molecule has 0 bridgehead atoms. The minimum absolute atomic E-state index is 0.0428. The van der Waals surface area contributed by atoms with Crippen LogP contribution in [0.15, 0.2) is 12.1 Å². The molecule has 1 aliphatic heterocycles. The van der Waals surface area contributed by atoms with Gasteiger partial charge in [-0.05, 0) is 12.1 Å². The molecule has 1 aromatic rings. The maximum absolute atomic E-state index is 6.03. The van der Waals surface area contributed by atoms with Crippen molar-refractivity contribution >= 4 is 0 Å². The third kappa shape index (κ3) is 1.61. The first kappa shape index (κ1) is 10.1. The van der Waals surface area contributed by atoms with Crippen LogP contribution in [-0.2, 0) is 0 Å². The summed E-state index contributed by atoms with van der Waals surface area (Å²) < 4.78 is 16.1. The Morgan fingerprint density at radius 3 is 2.60 bits per heavy atom. The Labute approximate surface area is 88.9 Å². The second-order valence-corrected chi connectivity index (χ2v) is 3.46. The van der Waals surface area contributed by atoms with Crippen molar-refractivity contribution in [2.45, 2.75) is 12.5 Å². The molecule has 2 N–H and O–H groups in total. The molecule has 1 aliphatic rings. The molecule has 0 spiro atoms. The third-order valence-corrected chi connectivity index (χ3v) is 2.61. The molecule has 0 amide bonds. The molecule has 0 radical (unpaired) electrons. The quantitative estimate of drug-likeness (QED) is 0.801.